The SMILES string of the molecule is COC(=O)C1=C(Nc2ccccc2N2CCCCC2)C(=O)N(CCO)C1. The Hall–Kier alpha value is -2.54. The molecule has 0 unspecified atom stereocenters. The topological polar surface area (TPSA) is 82.1 Å². The van der Waals surface area contributed by atoms with Gasteiger partial charge in [-0.05, 0) is 31.4 Å². The van der Waals surface area contributed by atoms with Crippen LogP contribution in [-0.2, 0) is 14.3 Å². The first kappa shape index (κ1) is 18.3. The third-order valence-corrected chi connectivity index (χ3v) is 4.81. The van der Waals surface area contributed by atoms with Crippen LogP contribution in [0.2, 0.25) is 0 Å². The number of nitrogens with one attached hydrogen (secondary N) is 1. The van der Waals surface area contributed by atoms with Gasteiger partial charge in [-0.15, -0.1) is 0 Å². The van der Waals surface area contributed by atoms with E-state index < -0.39 is 5.97 Å². The van der Waals surface area contributed by atoms with Gasteiger partial charge in [-0.1, -0.05) is 12.1 Å². The Kier molecular flexibility index (Phi) is 5.78. The van der Waals surface area contributed by atoms with Crippen molar-refractivity contribution >= 4 is 23.3 Å². The Balaban J connectivity index is 1.90. The van der Waals surface area contributed by atoms with Crippen molar-refractivity contribution in [3.05, 3.63) is 35.5 Å². The second-order valence-electron chi connectivity index (χ2n) is 6.49. The fourth-order valence-corrected chi connectivity index (χ4v) is 3.47. The molecule has 2 heterocycles. The summed E-state index contributed by atoms with van der Waals surface area (Å²) in [4.78, 5) is 28.6. The molecule has 1 aromatic carbocycles. The number of para-hydroxylation sites is 2. The zero-order chi connectivity index (χ0) is 18.5. The van der Waals surface area contributed by atoms with Crippen LogP contribution in [-0.4, -0.2) is 61.8 Å². The fraction of sp³-hybridized carbons (Fsp3) is 0.474. The highest BCUT2D eigenvalue weighted by molar-refractivity contribution is 6.09. The maximum Gasteiger partial charge on any atom is 0.337 e. The van der Waals surface area contributed by atoms with Crippen molar-refractivity contribution in [1.29, 1.82) is 0 Å². The number of ether oxygens (including phenoxy) is 1. The molecule has 0 radical (unpaired) electrons. The minimum absolute atomic E-state index is 0.139. The number of esters is 1. The molecule has 1 fully saturated rings. The van der Waals surface area contributed by atoms with Crippen molar-refractivity contribution in [2.24, 2.45) is 0 Å². The third kappa shape index (κ3) is 3.67. The quantitative estimate of drug-likeness (QED) is 0.746. The van der Waals surface area contributed by atoms with E-state index >= 15 is 0 Å². The van der Waals surface area contributed by atoms with Gasteiger partial charge in [0.25, 0.3) is 5.91 Å². The number of carbonyl (C=O) groups is 2. The maximum absolute atomic E-state index is 12.7. The van der Waals surface area contributed by atoms with Crippen LogP contribution in [0.1, 0.15) is 19.3 Å². The van der Waals surface area contributed by atoms with Crippen LogP contribution in [0.3, 0.4) is 0 Å². The number of β-amino-alcohol motifs (C(OH)–C–C–N with tert-alkyl or cyclic N) is 1. The molecule has 2 aliphatic rings. The first-order valence-corrected chi connectivity index (χ1v) is 8.98. The molecule has 7 nitrogen and oxygen atoms in total. The van der Waals surface area contributed by atoms with Gasteiger partial charge in [-0.2, -0.15) is 0 Å². The molecule has 0 aromatic heterocycles. The number of methoxy groups -OCH3 is 1. The van der Waals surface area contributed by atoms with Gasteiger partial charge in [-0.3, -0.25) is 4.79 Å². The lowest BCUT2D eigenvalue weighted by Gasteiger charge is -2.30. The predicted molar refractivity (Wildman–Crippen MR) is 98.8 cm³/mol. The number of piperidine rings is 1. The van der Waals surface area contributed by atoms with E-state index in [1.165, 1.54) is 18.4 Å². The first-order valence-electron chi connectivity index (χ1n) is 8.98. The summed E-state index contributed by atoms with van der Waals surface area (Å²) in [6.07, 6.45) is 3.53. The van der Waals surface area contributed by atoms with Gasteiger partial charge in [0.1, 0.15) is 5.70 Å². The van der Waals surface area contributed by atoms with Crippen molar-refractivity contribution in [1.82, 2.24) is 4.90 Å². The van der Waals surface area contributed by atoms with Crippen molar-refractivity contribution < 1.29 is 19.4 Å². The smallest absolute Gasteiger partial charge is 0.337 e. The minimum Gasteiger partial charge on any atom is -0.466 e. The number of carbonyl (C=O) groups excluding carboxylic acids is 2. The van der Waals surface area contributed by atoms with Crippen LogP contribution >= 0.6 is 0 Å². The summed E-state index contributed by atoms with van der Waals surface area (Å²) in [5.74, 6) is -0.829. The van der Waals surface area contributed by atoms with E-state index in [9.17, 15) is 9.59 Å². The van der Waals surface area contributed by atoms with Gasteiger partial charge < -0.3 is 25.0 Å². The van der Waals surface area contributed by atoms with Gasteiger partial charge in [0.15, 0.2) is 0 Å². The molecular weight excluding hydrogens is 334 g/mol. The number of rotatable bonds is 6. The Labute approximate surface area is 153 Å². The highest BCUT2D eigenvalue weighted by Crippen LogP contribution is 2.31. The first-order chi connectivity index (χ1) is 12.7. The molecule has 1 aromatic rings. The van der Waals surface area contributed by atoms with Crippen LogP contribution in [0.15, 0.2) is 35.5 Å². The molecule has 1 saturated heterocycles. The number of nitrogens with zero attached hydrogens (tertiary/aromatic N) is 2. The third-order valence-electron chi connectivity index (χ3n) is 4.81. The second-order valence-corrected chi connectivity index (χ2v) is 6.49. The molecule has 0 saturated carbocycles. The van der Waals surface area contributed by atoms with Gasteiger partial charge in [-0.25, -0.2) is 4.79 Å². The highest BCUT2D eigenvalue weighted by atomic mass is 16.5. The zero-order valence-corrected chi connectivity index (χ0v) is 15.0. The average Bonchev–Trinajstić information content (AvgIpc) is 2.98. The highest BCUT2D eigenvalue weighted by Gasteiger charge is 2.34. The molecule has 7 heteroatoms. The summed E-state index contributed by atoms with van der Waals surface area (Å²) in [6, 6.07) is 7.81. The van der Waals surface area contributed by atoms with E-state index in [-0.39, 0.29) is 31.3 Å². The molecule has 0 bridgehead atoms. The van der Waals surface area contributed by atoms with Crippen molar-refractivity contribution in [2.45, 2.75) is 19.3 Å². The van der Waals surface area contributed by atoms with Crippen molar-refractivity contribution in [3.8, 4) is 0 Å². The molecule has 140 valence electrons. The monoisotopic (exact) mass is 359 g/mol. The lowest BCUT2D eigenvalue weighted by Crippen LogP contribution is -2.32. The summed E-state index contributed by atoms with van der Waals surface area (Å²) in [7, 11) is 1.30. The summed E-state index contributed by atoms with van der Waals surface area (Å²) < 4.78 is 4.83. The summed E-state index contributed by atoms with van der Waals surface area (Å²) in [5.41, 5.74) is 2.34. The molecule has 26 heavy (non-hydrogen) atoms. The molecular formula is C19H25N3O4. The van der Waals surface area contributed by atoms with E-state index in [4.69, 9.17) is 9.84 Å². The normalized spacial score (nSPS) is 17.7. The molecule has 0 atom stereocenters. The molecule has 2 aliphatic heterocycles. The average molecular weight is 359 g/mol. The van der Waals surface area contributed by atoms with Crippen molar-refractivity contribution in [3.63, 3.8) is 0 Å². The van der Waals surface area contributed by atoms with E-state index in [2.05, 4.69) is 10.2 Å². The lowest BCUT2D eigenvalue weighted by atomic mass is 10.1. The van der Waals surface area contributed by atoms with E-state index in [0.29, 0.717) is 5.57 Å². The van der Waals surface area contributed by atoms with Gasteiger partial charge in [0, 0.05) is 19.6 Å². The van der Waals surface area contributed by atoms with Crippen LogP contribution in [0.25, 0.3) is 0 Å². The molecule has 3 rings (SSSR count). The largest absolute Gasteiger partial charge is 0.466 e. The molecule has 2 N–H and O–H groups in total. The van der Waals surface area contributed by atoms with Gasteiger partial charge in [0.2, 0.25) is 0 Å². The van der Waals surface area contributed by atoms with Crippen LogP contribution in [0, 0.1) is 0 Å². The van der Waals surface area contributed by atoms with Crippen LogP contribution in [0.5, 0.6) is 0 Å². The Morgan fingerprint density at radius 3 is 2.65 bits per heavy atom. The Bertz CT molecular complexity index is 710. The van der Waals surface area contributed by atoms with Crippen LogP contribution < -0.4 is 10.2 Å². The number of aliphatic hydroxyl groups excluding tert-OH is 1. The predicted octanol–water partition coefficient (Wildman–Crippen LogP) is 1.35. The number of benzene rings is 1. The Morgan fingerprint density at radius 2 is 1.96 bits per heavy atom. The number of aliphatic hydroxyl groups is 1. The fourth-order valence-electron chi connectivity index (χ4n) is 3.47. The number of anilines is 2. The standard InChI is InChI=1S/C19H25N3O4/c1-26-19(25)14-13-22(11-12-23)18(24)17(14)20-15-7-3-4-8-16(15)21-9-5-2-6-10-21/h3-4,7-8,20,23H,2,5-6,9-13H2,1H3. The number of amides is 1. The zero-order valence-electron chi connectivity index (χ0n) is 15.0. The summed E-state index contributed by atoms with van der Waals surface area (Å²) >= 11 is 0. The number of hydrogen-bond acceptors (Lipinski definition) is 6. The minimum atomic E-state index is -0.531. The molecule has 0 spiro atoms. The molecule has 0 aliphatic carbocycles. The van der Waals surface area contributed by atoms with Crippen LogP contribution in [0.4, 0.5) is 11.4 Å². The molecule has 1 amide bonds. The van der Waals surface area contributed by atoms with Gasteiger partial charge >= 0.3 is 5.97 Å². The van der Waals surface area contributed by atoms with E-state index in [0.717, 1.165) is 37.3 Å². The lowest BCUT2D eigenvalue weighted by molar-refractivity contribution is -0.136. The second kappa shape index (κ2) is 8.23. The number of hydrogen-bond donors (Lipinski definition) is 2. The summed E-state index contributed by atoms with van der Waals surface area (Å²) in [6.45, 7) is 2.12. The van der Waals surface area contributed by atoms with Crippen molar-refractivity contribution in [2.75, 3.05) is 50.1 Å². The Morgan fingerprint density at radius 1 is 1.23 bits per heavy atom. The summed E-state index contributed by atoms with van der Waals surface area (Å²) in [5, 5.41) is 12.3. The van der Waals surface area contributed by atoms with Gasteiger partial charge in [0.05, 0.1) is 37.2 Å². The van der Waals surface area contributed by atoms with E-state index in [1.54, 1.807) is 0 Å². The maximum atomic E-state index is 12.7. The van der Waals surface area contributed by atoms with E-state index in [1.807, 2.05) is 24.3 Å².